The molecule has 0 aliphatic carbocycles. The van der Waals surface area contributed by atoms with E-state index in [9.17, 15) is 13.2 Å². The maximum atomic E-state index is 13.1. The molecule has 3 rings (SSSR count). The predicted octanol–water partition coefficient (Wildman–Crippen LogP) is 1.35. The molecule has 0 atom stereocenters. The Kier molecular flexibility index (Phi) is 6.60. The monoisotopic (exact) mass is 387 g/mol. The number of hydrogen-bond donors (Lipinski definition) is 1. The minimum Gasteiger partial charge on any atom is -0.339 e. The number of rotatable bonds is 7. The Morgan fingerprint density at radius 2 is 1.56 bits per heavy atom. The molecule has 2 aromatic rings. The number of sulfonamides is 1. The Bertz CT molecular complexity index is 835. The van der Waals surface area contributed by atoms with Gasteiger partial charge in [0.1, 0.15) is 0 Å². The number of amides is 1. The summed E-state index contributed by atoms with van der Waals surface area (Å²) in [6.07, 6.45) is 0.557. The molecule has 0 unspecified atom stereocenters. The second-order valence-corrected chi connectivity index (χ2v) is 8.46. The van der Waals surface area contributed by atoms with Gasteiger partial charge in [-0.1, -0.05) is 48.5 Å². The van der Waals surface area contributed by atoms with Crippen molar-refractivity contribution in [3.8, 4) is 0 Å². The fourth-order valence-electron chi connectivity index (χ4n) is 3.09. The molecular weight excluding hydrogens is 362 g/mol. The van der Waals surface area contributed by atoms with Crippen molar-refractivity contribution in [2.45, 2.75) is 11.3 Å². The molecular formula is C20H25N3O3S. The highest BCUT2D eigenvalue weighted by molar-refractivity contribution is 7.89. The molecule has 7 heteroatoms. The molecule has 0 spiro atoms. The highest BCUT2D eigenvalue weighted by atomic mass is 32.2. The Balaban J connectivity index is 1.78. The van der Waals surface area contributed by atoms with Crippen LogP contribution in [0.4, 0.5) is 0 Å². The maximum Gasteiger partial charge on any atom is 0.243 e. The highest BCUT2D eigenvalue weighted by Gasteiger charge is 2.28. The molecule has 1 saturated heterocycles. The number of benzene rings is 2. The number of carbonyl (C=O) groups is 1. The van der Waals surface area contributed by atoms with Crippen LogP contribution in [-0.4, -0.2) is 62.8 Å². The summed E-state index contributed by atoms with van der Waals surface area (Å²) in [4.78, 5) is 14.6. The first-order valence-corrected chi connectivity index (χ1v) is 10.6. The van der Waals surface area contributed by atoms with E-state index in [-0.39, 0.29) is 23.9 Å². The molecule has 0 aromatic heterocycles. The lowest BCUT2D eigenvalue weighted by Gasteiger charge is -2.30. The van der Waals surface area contributed by atoms with Crippen molar-refractivity contribution in [3.63, 3.8) is 0 Å². The summed E-state index contributed by atoms with van der Waals surface area (Å²) >= 11 is 0. The second-order valence-electron chi connectivity index (χ2n) is 6.52. The molecule has 1 aliphatic rings. The van der Waals surface area contributed by atoms with E-state index >= 15 is 0 Å². The van der Waals surface area contributed by atoms with Crippen LogP contribution in [0.15, 0.2) is 65.6 Å². The van der Waals surface area contributed by atoms with Crippen molar-refractivity contribution < 1.29 is 13.2 Å². The van der Waals surface area contributed by atoms with Gasteiger partial charge in [0.2, 0.25) is 15.9 Å². The van der Waals surface area contributed by atoms with E-state index in [1.165, 1.54) is 4.31 Å². The van der Waals surface area contributed by atoms with E-state index in [1.807, 2.05) is 30.3 Å². The van der Waals surface area contributed by atoms with E-state index < -0.39 is 10.0 Å². The van der Waals surface area contributed by atoms with E-state index in [1.54, 1.807) is 35.2 Å². The molecule has 0 saturated carbocycles. The first-order valence-electron chi connectivity index (χ1n) is 9.15. The molecule has 1 fully saturated rings. The van der Waals surface area contributed by atoms with Crippen molar-refractivity contribution >= 4 is 15.9 Å². The van der Waals surface area contributed by atoms with Crippen molar-refractivity contribution in [2.24, 2.45) is 0 Å². The molecule has 2 aromatic carbocycles. The average Bonchev–Trinajstić information content (AvgIpc) is 2.73. The summed E-state index contributed by atoms with van der Waals surface area (Å²) in [5.41, 5.74) is 1.04. The van der Waals surface area contributed by atoms with Crippen molar-refractivity contribution in [1.82, 2.24) is 14.5 Å². The molecule has 1 aliphatic heterocycles. The Morgan fingerprint density at radius 1 is 0.963 bits per heavy atom. The van der Waals surface area contributed by atoms with Crippen LogP contribution < -0.4 is 5.32 Å². The van der Waals surface area contributed by atoms with E-state index in [4.69, 9.17) is 0 Å². The van der Waals surface area contributed by atoms with Gasteiger partial charge < -0.3 is 10.2 Å². The van der Waals surface area contributed by atoms with Gasteiger partial charge in [-0.15, -0.1) is 0 Å². The number of piperazine rings is 1. The van der Waals surface area contributed by atoms with Crippen molar-refractivity contribution in [3.05, 3.63) is 66.2 Å². The standard InChI is InChI=1S/C20H25N3O3S/c24-20(22-15-12-21-13-16-22)17-23(14-11-18-7-3-1-4-8-18)27(25,26)19-9-5-2-6-10-19/h1-10,21H,11-17H2. The average molecular weight is 388 g/mol. The zero-order valence-electron chi connectivity index (χ0n) is 15.3. The van der Waals surface area contributed by atoms with Gasteiger partial charge in [-0.2, -0.15) is 4.31 Å². The van der Waals surface area contributed by atoms with Gasteiger partial charge in [-0.25, -0.2) is 8.42 Å². The van der Waals surface area contributed by atoms with Crippen LogP contribution >= 0.6 is 0 Å². The maximum absolute atomic E-state index is 13.1. The molecule has 1 N–H and O–H groups in total. The lowest BCUT2D eigenvalue weighted by molar-refractivity contribution is -0.131. The quantitative estimate of drug-likeness (QED) is 0.779. The van der Waals surface area contributed by atoms with E-state index in [0.29, 0.717) is 19.5 Å². The Labute approximate surface area is 160 Å². The van der Waals surface area contributed by atoms with Gasteiger partial charge in [0.25, 0.3) is 0 Å². The van der Waals surface area contributed by atoms with Crippen LogP contribution in [0.2, 0.25) is 0 Å². The van der Waals surface area contributed by atoms with Crippen LogP contribution in [0.1, 0.15) is 5.56 Å². The summed E-state index contributed by atoms with van der Waals surface area (Å²) in [6, 6.07) is 18.0. The smallest absolute Gasteiger partial charge is 0.243 e. The molecule has 6 nitrogen and oxygen atoms in total. The lowest BCUT2D eigenvalue weighted by Crippen LogP contribution is -2.50. The topological polar surface area (TPSA) is 69.7 Å². The van der Waals surface area contributed by atoms with Gasteiger partial charge in [0.15, 0.2) is 0 Å². The first kappa shape index (κ1) is 19.5. The van der Waals surface area contributed by atoms with Gasteiger partial charge >= 0.3 is 0 Å². The third kappa shape index (κ3) is 5.15. The van der Waals surface area contributed by atoms with Crippen LogP contribution in [0.5, 0.6) is 0 Å². The zero-order valence-corrected chi connectivity index (χ0v) is 16.1. The van der Waals surface area contributed by atoms with Crippen LogP contribution in [0, 0.1) is 0 Å². The fourth-order valence-corrected chi connectivity index (χ4v) is 4.50. The molecule has 0 bridgehead atoms. The number of nitrogens with zero attached hydrogens (tertiary/aromatic N) is 2. The van der Waals surface area contributed by atoms with Crippen molar-refractivity contribution in [1.29, 1.82) is 0 Å². The zero-order chi connectivity index (χ0) is 19.1. The fraction of sp³-hybridized carbons (Fsp3) is 0.350. The van der Waals surface area contributed by atoms with Gasteiger partial charge in [-0.05, 0) is 24.1 Å². The lowest BCUT2D eigenvalue weighted by atomic mass is 10.1. The SMILES string of the molecule is O=C(CN(CCc1ccccc1)S(=O)(=O)c1ccccc1)N1CCNCC1. The number of hydrogen-bond acceptors (Lipinski definition) is 4. The summed E-state index contributed by atoms with van der Waals surface area (Å²) in [5, 5.41) is 3.20. The largest absolute Gasteiger partial charge is 0.339 e. The molecule has 0 radical (unpaired) electrons. The minimum absolute atomic E-state index is 0.135. The minimum atomic E-state index is -3.73. The summed E-state index contributed by atoms with van der Waals surface area (Å²) in [7, 11) is -3.73. The molecule has 1 amide bonds. The van der Waals surface area contributed by atoms with E-state index in [0.717, 1.165) is 18.7 Å². The van der Waals surface area contributed by atoms with Gasteiger partial charge in [-0.3, -0.25) is 4.79 Å². The second kappa shape index (κ2) is 9.12. The van der Waals surface area contributed by atoms with Crippen molar-refractivity contribution in [2.75, 3.05) is 39.3 Å². The Hall–Kier alpha value is -2.22. The third-order valence-corrected chi connectivity index (χ3v) is 6.51. The summed E-state index contributed by atoms with van der Waals surface area (Å²) in [5.74, 6) is -0.149. The van der Waals surface area contributed by atoms with Gasteiger partial charge in [0, 0.05) is 32.7 Å². The molecule has 27 heavy (non-hydrogen) atoms. The predicted molar refractivity (Wildman–Crippen MR) is 105 cm³/mol. The number of nitrogens with one attached hydrogen (secondary N) is 1. The van der Waals surface area contributed by atoms with Crippen LogP contribution in [0.25, 0.3) is 0 Å². The highest BCUT2D eigenvalue weighted by Crippen LogP contribution is 2.16. The van der Waals surface area contributed by atoms with E-state index in [2.05, 4.69) is 5.32 Å². The van der Waals surface area contributed by atoms with Gasteiger partial charge in [0.05, 0.1) is 11.4 Å². The Morgan fingerprint density at radius 3 is 2.19 bits per heavy atom. The number of carbonyl (C=O) groups excluding carboxylic acids is 1. The summed E-state index contributed by atoms with van der Waals surface area (Å²) in [6.45, 7) is 2.82. The third-order valence-electron chi connectivity index (χ3n) is 4.66. The van der Waals surface area contributed by atoms with Crippen LogP contribution in [-0.2, 0) is 21.2 Å². The first-order chi connectivity index (χ1) is 13.1. The summed E-state index contributed by atoms with van der Waals surface area (Å²) < 4.78 is 27.5. The normalized spacial score (nSPS) is 15.1. The molecule has 144 valence electrons. The van der Waals surface area contributed by atoms with Crippen LogP contribution in [0.3, 0.4) is 0 Å². The molecule has 1 heterocycles.